The number of likely N-dealkylation sites (tertiary alicyclic amines) is 2. The van der Waals surface area contributed by atoms with Gasteiger partial charge in [0.15, 0.2) is 0 Å². The van der Waals surface area contributed by atoms with Gasteiger partial charge in [0.1, 0.15) is 6.10 Å². The van der Waals surface area contributed by atoms with Crippen LogP contribution in [0.25, 0.3) is 6.08 Å². The van der Waals surface area contributed by atoms with Crippen molar-refractivity contribution >= 4 is 17.9 Å². The Morgan fingerprint density at radius 3 is 2.62 bits per heavy atom. The van der Waals surface area contributed by atoms with Crippen molar-refractivity contribution in [1.29, 1.82) is 0 Å². The normalized spacial score (nSPS) is 20.9. The summed E-state index contributed by atoms with van der Waals surface area (Å²) in [6.07, 6.45) is 6.11. The van der Waals surface area contributed by atoms with Gasteiger partial charge in [-0.15, -0.1) is 0 Å². The van der Waals surface area contributed by atoms with Gasteiger partial charge < -0.3 is 14.5 Å². The summed E-state index contributed by atoms with van der Waals surface area (Å²) in [7, 11) is 1.56. The van der Waals surface area contributed by atoms with E-state index in [9.17, 15) is 9.59 Å². The molecule has 2 aliphatic rings. The number of amides is 2. The summed E-state index contributed by atoms with van der Waals surface area (Å²) in [5.74, 6) is 0.280. The highest BCUT2D eigenvalue weighted by molar-refractivity contribution is 5.81. The first kappa shape index (κ1) is 18.6. The quantitative estimate of drug-likeness (QED) is 0.815. The van der Waals surface area contributed by atoms with Crippen LogP contribution in [0.5, 0.6) is 0 Å². The van der Waals surface area contributed by atoms with E-state index in [0.717, 1.165) is 24.9 Å². The van der Waals surface area contributed by atoms with E-state index < -0.39 is 6.10 Å². The van der Waals surface area contributed by atoms with Crippen LogP contribution in [0.2, 0.25) is 0 Å². The Morgan fingerprint density at radius 2 is 1.96 bits per heavy atom. The molecule has 0 aliphatic carbocycles. The zero-order valence-electron chi connectivity index (χ0n) is 15.7. The minimum Gasteiger partial charge on any atom is -0.372 e. The van der Waals surface area contributed by atoms with Gasteiger partial charge in [-0.1, -0.05) is 42.5 Å². The Labute approximate surface area is 155 Å². The fraction of sp³-hybridized carbons (Fsp3) is 0.524. The number of benzene rings is 1. The summed E-state index contributed by atoms with van der Waals surface area (Å²) in [5, 5.41) is 0. The van der Waals surface area contributed by atoms with Crippen molar-refractivity contribution in [1.82, 2.24) is 9.80 Å². The Balaban J connectivity index is 1.53. The lowest BCUT2D eigenvalue weighted by Crippen LogP contribution is -2.47. The minimum absolute atomic E-state index is 0.0325. The lowest BCUT2D eigenvalue weighted by atomic mass is 9.77. The van der Waals surface area contributed by atoms with Crippen LogP contribution < -0.4 is 0 Å². The topological polar surface area (TPSA) is 49.9 Å². The highest BCUT2D eigenvalue weighted by Crippen LogP contribution is 2.41. The summed E-state index contributed by atoms with van der Waals surface area (Å²) in [4.78, 5) is 28.5. The third kappa shape index (κ3) is 4.15. The van der Waals surface area contributed by atoms with Crippen LogP contribution in [-0.2, 0) is 14.3 Å². The SMILES string of the molecule is CO[C@@H](C)C(=O)N1CCC2(CC1)CC(=O)N(C/C=C/c1ccccc1)C2. The molecule has 5 heteroatoms. The van der Waals surface area contributed by atoms with Crippen molar-refractivity contribution in [3.63, 3.8) is 0 Å². The predicted molar refractivity (Wildman–Crippen MR) is 101 cm³/mol. The first-order valence-electron chi connectivity index (χ1n) is 9.34. The van der Waals surface area contributed by atoms with E-state index in [1.165, 1.54) is 0 Å². The summed E-state index contributed by atoms with van der Waals surface area (Å²) < 4.78 is 5.14. The standard InChI is InChI=1S/C21H28N2O3/c1-17(26-2)20(25)22-13-10-21(11-14-22)15-19(24)23(16-21)12-6-9-18-7-4-3-5-8-18/h3-9,17H,10-16H2,1-2H3/b9-6+/t17-/m0/s1. The summed E-state index contributed by atoms with van der Waals surface area (Å²) in [6.45, 7) is 4.67. The molecule has 2 fully saturated rings. The molecule has 26 heavy (non-hydrogen) atoms. The van der Waals surface area contributed by atoms with Crippen LogP contribution in [0.1, 0.15) is 31.7 Å². The number of nitrogens with zero attached hydrogens (tertiary/aromatic N) is 2. The molecular formula is C21H28N2O3. The van der Waals surface area contributed by atoms with Crippen molar-refractivity contribution in [2.75, 3.05) is 33.3 Å². The van der Waals surface area contributed by atoms with E-state index in [-0.39, 0.29) is 17.2 Å². The molecule has 0 unspecified atom stereocenters. The van der Waals surface area contributed by atoms with Gasteiger partial charge in [-0.05, 0) is 25.3 Å². The maximum Gasteiger partial charge on any atom is 0.251 e. The summed E-state index contributed by atoms with van der Waals surface area (Å²) in [5.41, 5.74) is 1.18. The lowest BCUT2D eigenvalue weighted by Gasteiger charge is -2.39. The van der Waals surface area contributed by atoms with Crippen molar-refractivity contribution in [2.24, 2.45) is 5.41 Å². The van der Waals surface area contributed by atoms with Crippen molar-refractivity contribution < 1.29 is 14.3 Å². The van der Waals surface area contributed by atoms with Gasteiger partial charge in [-0.3, -0.25) is 9.59 Å². The van der Waals surface area contributed by atoms with Gasteiger partial charge in [0.25, 0.3) is 5.91 Å². The molecule has 0 bridgehead atoms. The van der Waals surface area contributed by atoms with Crippen LogP contribution in [0, 0.1) is 5.41 Å². The lowest BCUT2D eigenvalue weighted by molar-refractivity contribution is -0.143. The predicted octanol–water partition coefficient (Wildman–Crippen LogP) is 2.58. The maximum atomic E-state index is 12.5. The van der Waals surface area contributed by atoms with E-state index in [1.807, 2.05) is 28.0 Å². The molecule has 0 radical (unpaired) electrons. The van der Waals surface area contributed by atoms with Crippen LogP contribution >= 0.6 is 0 Å². The second-order valence-corrected chi connectivity index (χ2v) is 7.47. The third-order valence-corrected chi connectivity index (χ3v) is 5.68. The van der Waals surface area contributed by atoms with Crippen LogP contribution in [0.3, 0.4) is 0 Å². The Hall–Kier alpha value is -2.14. The first-order valence-corrected chi connectivity index (χ1v) is 9.34. The third-order valence-electron chi connectivity index (χ3n) is 5.68. The smallest absolute Gasteiger partial charge is 0.251 e. The number of methoxy groups -OCH3 is 1. The number of hydrogen-bond acceptors (Lipinski definition) is 3. The molecule has 2 amide bonds. The fourth-order valence-corrected chi connectivity index (χ4v) is 3.92. The van der Waals surface area contributed by atoms with Gasteiger partial charge in [0.05, 0.1) is 0 Å². The van der Waals surface area contributed by atoms with Crippen LogP contribution in [0.4, 0.5) is 0 Å². The van der Waals surface area contributed by atoms with E-state index in [0.29, 0.717) is 26.1 Å². The molecule has 1 atom stereocenters. The van der Waals surface area contributed by atoms with Gasteiger partial charge >= 0.3 is 0 Å². The Morgan fingerprint density at radius 1 is 1.27 bits per heavy atom. The molecule has 2 aliphatic heterocycles. The molecule has 2 saturated heterocycles. The number of rotatable bonds is 5. The highest BCUT2D eigenvalue weighted by atomic mass is 16.5. The summed E-state index contributed by atoms with van der Waals surface area (Å²) >= 11 is 0. The molecule has 2 heterocycles. The van der Waals surface area contributed by atoms with E-state index in [2.05, 4.69) is 24.3 Å². The molecule has 0 aromatic heterocycles. The number of carbonyl (C=O) groups is 2. The van der Waals surface area contributed by atoms with Crippen molar-refractivity contribution in [2.45, 2.75) is 32.3 Å². The maximum absolute atomic E-state index is 12.5. The molecule has 1 spiro atoms. The molecule has 5 nitrogen and oxygen atoms in total. The molecule has 0 saturated carbocycles. The Bertz CT molecular complexity index is 663. The van der Waals surface area contributed by atoms with E-state index >= 15 is 0 Å². The molecule has 1 aromatic carbocycles. The van der Waals surface area contributed by atoms with Gasteiger partial charge in [-0.25, -0.2) is 0 Å². The van der Waals surface area contributed by atoms with E-state index in [4.69, 9.17) is 4.74 Å². The van der Waals surface area contributed by atoms with E-state index in [1.54, 1.807) is 14.0 Å². The van der Waals surface area contributed by atoms with Crippen molar-refractivity contribution in [3.8, 4) is 0 Å². The monoisotopic (exact) mass is 356 g/mol. The largest absolute Gasteiger partial charge is 0.372 e. The highest BCUT2D eigenvalue weighted by Gasteiger charge is 2.45. The molecule has 140 valence electrons. The zero-order chi connectivity index (χ0) is 18.6. The summed E-state index contributed by atoms with van der Waals surface area (Å²) in [6, 6.07) is 10.1. The van der Waals surface area contributed by atoms with Gasteiger partial charge in [-0.2, -0.15) is 0 Å². The fourth-order valence-electron chi connectivity index (χ4n) is 3.92. The zero-order valence-corrected chi connectivity index (χ0v) is 15.7. The number of hydrogen-bond donors (Lipinski definition) is 0. The van der Waals surface area contributed by atoms with Crippen LogP contribution in [0.15, 0.2) is 36.4 Å². The number of carbonyl (C=O) groups excluding carboxylic acids is 2. The molecule has 1 aromatic rings. The number of ether oxygens (including phenoxy) is 1. The molecule has 0 N–H and O–H groups in total. The molecule has 3 rings (SSSR count). The minimum atomic E-state index is -0.395. The van der Waals surface area contributed by atoms with Gasteiger partial charge in [0, 0.05) is 45.1 Å². The van der Waals surface area contributed by atoms with Gasteiger partial charge in [0.2, 0.25) is 5.91 Å². The second kappa shape index (κ2) is 8.04. The number of piperidine rings is 1. The first-order chi connectivity index (χ1) is 12.5. The second-order valence-electron chi connectivity index (χ2n) is 7.47. The van der Waals surface area contributed by atoms with Crippen LogP contribution in [-0.4, -0.2) is 61.0 Å². The molecular weight excluding hydrogens is 328 g/mol. The van der Waals surface area contributed by atoms with Crippen molar-refractivity contribution in [3.05, 3.63) is 42.0 Å². The average Bonchev–Trinajstić information content (AvgIpc) is 2.97. The average molecular weight is 356 g/mol. The Kier molecular flexibility index (Phi) is 5.77.